The van der Waals surface area contributed by atoms with Gasteiger partial charge in [-0.25, -0.2) is 0 Å². The molecule has 88 valence electrons. The summed E-state index contributed by atoms with van der Waals surface area (Å²) in [6.07, 6.45) is 4.86. The molecule has 0 aliphatic carbocycles. The van der Waals surface area contributed by atoms with E-state index in [1.54, 1.807) is 0 Å². The molecule has 0 bridgehead atoms. The van der Waals surface area contributed by atoms with E-state index >= 15 is 0 Å². The number of hydrogen-bond donors (Lipinski definition) is 1. The molecule has 0 aromatic heterocycles. The summed E-state index contributed by atoms with van der Waals surface area (Å²) in [6, 6.07) is 1.45. The van der Waals surface area contributed by atoms with Crippen molar-refractivity contribution in [2.45, 2.75) is 57.2 Å². The van der Waals surface area contributed by atoms with E-state index in [2.05, 4.69) is 30.9 Å². The van der Waals surface area contributed by atoms with Crippen LogP contribution in [0.4, 0.5) is 0 Å². The first-order valence-electron chi connectivity index (χ1n) is 6.19. The normalized spacial score (nSPS) is 42.0. The van der Waals surface area contributed by atoms with Crippen molar-refractivity contribution in [2.75, 3.05) is 18.1 Å². The molecule has 2 heterocycles. The first kappa shape index (κ1) is 11.7. The Kier molecular flexibility index (Phi) is 3.97. The van der Waals surface area contributed by atoms with E-state index in [4.69, 9.17) is 4.74 Å². The Morgan fingerprint density at radius 3 is 2.93 bits per heavy atom. The number of thioether (sulfide) groups is 1. The summed E-state index contributed by atoms with van der Waals surface area (Å²) in [5.41, 5.74) is 0.127. The molecule has 0 radical (unpaired) electrons. The minimum atomic E-state index is 0.127. The fourth-order valence-corrected chi connectivity index (χ4v) is 3.68. The molecule has 0 saturated carbocycles. The molecule has 0 aromatic carbocycles. The van der Waals surface area contributed by atoms with Crippen LogP contribution in [0.25, 0.3) is 0 Å². The summed E-state index contributed by atoms with van der Waals surface area (Å²) in [5, 5.41) is 3.81. The summed E-state index contributed by atoms with van der Waals surface area (Å²) >= 11 is 2.08. The maximum Gasteiger partial charge on any atom is 0.0666 e. The van der Waals surface area contributed by atoms with Crippen molar-refractivity contribution in [2.24, 2.45) is 0 Å². The van der Waals surface area contributed by atoms with Gasteiger partial charge in [0.25, 0.3) is 0 Å². The number of rotatable bonds is 3. The van der Waals surface area contributed by atoms with Gasteiger partial charge in [0, 0.05) is 24.4 Å². The first-order valence-corrected chi connectivity index (χ1v) is 7.35. The maximum atomic E-state index is 5.86. The van der Waals surface area contributed by atoms with Gasteiger partial charge < -0.3 is 10.1 Å². The molecular weight excluding hydrogens is 206 g/mol. The van der Waals surface area contributed by atoms with Crippen LogP contribution < -0.4 is 5.32 Å². The van der Waals surface area contributed by atoms with E-state index in [0.717, 1.165) is 19.1 Å². The summed E-state index contributed by atoms with van der Waals surface area (Å²) in [7, 11) is 0. The van der Waals surface area contributed by atoms with Gasteiger partial charge in [0.2, 0.25) is 0 Å². The van der Waals surface area contributed by atoms with Crippen LogP contribution in [0.1, 0.15) is 39.5 Å². The topological polar surface area (TPSA) is 21.3 Å². The maximum absolute atomic E-state index is 5.86. The van der Waals surface area contributed by atoms with Gasteiger partial charge in [-0.3, -0.25) is 0 Å². The highest BCUT2D eigenvalue weighted by atomic mass is 32.2. The lowest BCUT2D eigenvalue weighted by Crippen LogP contribution is -2.48. The van der Waals surface area contributed by atoms with Crippen LogP contribution in [0.3, 0.4) is 0 Å². The van der Waals surface area contributed by atoms with Crippen molar-refractivity contribution in [1.29, 1.82) is 0 Å². The predicted octanol–water partition coefficient (Wildman–Crippen LogP) is 2.43. The monoisotopic (exact) mass is 229 g/mol. The SMILES string of the molecule is CCC1(C)CC(NC2CCSC2)CCO1. The van der Waals surface area contributed by atoms with Gasteiger partial charge in [-0.2, -0.15) is 11.8 Å². The zero-order valence-electron chi connectivity index (χ0n) is 9.92. The molecule has 1 N–H and O–H groups in total. The van der Waals surface area contributed by atoms with Crippen LogP contribution in [0.15, 0.2) is 0 Å². The largest absolute Gasteiger partial charge is 0.375 e. The molecule has 0 aromatic rings. The van der Waals surface area contributed by atoms with Gasteiger partial charge >= 0.3 is 0 Å². The van der Waals surface area contributed by atoms with Crippen LogP contribution >= 0.6 is 11.8 Å². The molecule has 2 rings (SSSR count). The van der Waals surface area contributed by atoms with Gasteiger partial charge in [0.1, 0.15) is 0 Å². The molecule has 0 amide bonds. The van der Waals surface area contributed by atoms with E-state index < -0.39 is 0 Å². The van der Waals surface area contributed by atoms with E-state index in [9.17, 15) is 0 Å². The van der Waals surface area contributed by atoms with E-state index in [-0.39, 0.29) is 5.60 Å². The van der Waals surface area contributed by atoms with Gasteiger partial charge in [-0.05, 0) is 38.4 Å². The molecule has 3 unspecified atom stereocenters. The Morgan fingerprint density at radius 1 is 1.40 bits per heavy atom. The van der Waals surface area contributed by atoms with Gasteiger partial charge in [0.15, 0.2) is 0 Å². The van der Waals surface area contributed by atoms with Crippen molar-refractivity contribution >= 4 is 11.8 Å². The lowest BCUT2D eigenvalue weighted by molar-refractivity contribution is -0.0788. The second-order valence-electron chi connectivity index (χ2n) is 5.07. The van der Waals surface area contributed by atoms with E-state index in [1.807, 2.05) is 0 Å². The highest BCUT2D eigenvalue weighted by molar-refractivity contribution is 7.99. The average molecular weight is 229 g/mol. The van der Waals surface area contributed by atoms with Crippen LogP contribution in [-0.4, -0.2) is 35.8 Å². The molecule has 0 spiro atoms. The molecule has 3 heteroatoms. The second kappa shape index (κ2) is 5.07. The van der Waals surface area contributed by atoms with Crippen LogP contribution in [0, 0.1) is 0 Å². The van der Waals surface area contributed by atoms with Crippen molar-refractivity contribution in [1.82, 2.24) is 5.32 Å². The summed E-state index contributed by atoms with van der Waals surface area (Å²) < 4.78 is 5.86. The van der Waals surface area contributed by atoms with Gasteiger partial charge in [-0.1, -0.05) is 6.92 Å². The molecule has 2 aliphatic heterocycles. The highest BCUT2D eigenvalue weighted by Gasteiger charge is 2.32. The molecule has 2 nitrogen and oxygen atoms in total. The van der Waals surface area contributed by atoms with Crippen molar-refractivity contribution < 1.29 is 4.74 Å². The Hall–Kier alpha value is 0.270. The van der Waals surface area contributed by atoms with Crippen molar-refractivity contribution in [3.05, 3.63) is 0 Å². The van der Waals surface area contributed by atoms with Gasteiger partial charge in [-0.15, -0.1) is 0 Å². The Morgan fingerprint density at radius 2 is 2.27 bits per heavy atom. The van der Waals surface area contributed by atoms with Gasteiger partial charge in [0.05, 0.1) is 5.60 Å². The number of ether oxygens (including phenoxy) is 1. The van der Waals surface area contributed by atoms with Crippen molar-refractivity contribution in [3.8, 4) is 0 Å². The minimum Gasteiger partial charge on any atom is -0.375 e. The predicted molar refractivity (Wildman–Crippen MR) is 66.5 cm³/mol. The Balaban J connectivity index is 1.81. The molecule has 15 heavy (non-hydrogen) atoms. The van der Waals surface area contributed by atoms with Crippen molar-refractivity contribution in [3.63, 3.8) is 0 Å². The van der Waals surface area contributed by atoms with E-state index in [1.165, 1.54) is 30.8 Å². The fraction of sp³-hybridized carbons (Fsp3) is 1.00. The third-order valence-electron chi connectivity index (χ3n) is 3.74. The molecular formula is C12H23NOS. The standard InChI is InChI=1S/C12H23NOS/c1-3-12(2)8-10(4-6-14-12)13-11-5-7-15-9-11/h10-11,13H,3-9H2,1-2H3. The minimum absolute atomic E-state index is 0.127. The molecule has 2 fully saturated rings. The number of hydrogen-bond acceptors (Lipinski definition) is 3. The summed E-state index contributed by atoms with van der Waals surface area (Å²) in [6.45, 7) is 5.42. The quantitative estimate of drug-likeness (QED) is 0.803. The summed E-state index contributed by atoms with van der Waals surface area (Å²) in [5.74, 6) is 2.64. The van der Waals surface area contributed by atoms with Crippen LogP contribution in [-0.2, 0) is 4.74 Å². The molecule has 3 atom stereocenters. The first-order chi connectivity index (χ1) is 7.22. The van der Waals surface area contributed by atoms with Crippen LogP contribution in [0.5, 0.6) is 0 Å². The molecule has 2 saturated heterocycles. The lowest BCUT2D eigenvalue weighted by atomic mass is 9.89. The smallest absolute Gasteiger partial charge is 0.0666 e. The Bertz CT molecular complexity index is 206. The third kappa shape index (κ3) is 3.11. The zero-order valence-corrected chi connectivity index (χ0v) is 10.7. The average Bonchev–Trinajstić information content (AvgIpc) is 2.71. The van der Waals surface area contributed by atoms with Crippen LogP contribution in [0.2, 0.25) is 0 Å². The third-order valence-corrected chi connectivity index (χ3v) is 4.91. The second-order valence-corrected chi connectivity index (χ2v) is 6.22. The molecule has 2 aliphatic rings. The zero-order chi connectivity index (χ0) is 10.7. The highest BCUT2D eigenvalue weighted by Crippen LogP contribution is 2.29. The summed E-state index contributed by atoms with van der Waals surface area (Å²) in [4.78, 5) is 0. The van der Waals surface area contributed by atoms with E-state index in [0.29, 0.717) is 6.04 Å². The Labute approximate surface area is 97.5 Å². The fourth-order valence-electron chi connectivity index (χ4n) is 2.52. The number of nitrogens with one attached hydrogen (secondary N) is 1. The lowest BCUT2D eigenvalue weighted by Gasteiger charge is -2.39.